The molecule has 2 unspecified atom stereocenters. The third kappa shape index (κ3) is 2.13. The van der Waals surface area contributed by atoms with Gasteiger partial charge in [0.05, 0.1) is 6.42 Å². The number of aromatic hydroxyl groups is 1. The van der Waals surface area contributed by atoms with Crippen molar-refractivity contribution in [2.75, 3.05) is 13.1 Å². The highest BCUT2D eigenvalue weighted by molar-refractivity contribution is 5.79. The monoisotopic (exact) mass is 232 g/mol. The molecule has 3 N–H and O–H groups in total. The number of phenols is 1. The topological polar surface area (TPSA) is 61.4 Å². The molecule has 4 heteroatoms. The first-order valence-corrected chi connectivity index (χ1v) is 6.02. The zero-order valence-corrected chi connectivity index (χ0v) is 9.52. The van der Waals surface area contributed by atoms with Crippen LogP contribution in [0.4, 0.5) is 0 Å². The molecule has 0 bridgehead atoms. The number of nitrogens with one attached hydrogen (secondary N) is 2. The average Bonchev–Trinajstić information content (AvgIpc) is 2.77. The van der Waals surface area contributed by atoms with E-state index in [1.807, 2.05) is 0 Å². The number of carbonyl (C=O) groups excluding carboxylic acids is 1. The largest absolute Gasteiger partial charge is 0.508 e. The number of rotatable bonds is 3. The number of hydrogen-bond acceptors (Lipinski definition) is 3. The van der Waals surface area contributed by atoms with Crippen molar-refractivity contribution in [2.45, 2.75) is 12.5 Å². The second kappa shape index (κ2) is 4.04. The van der Waals surface area contributed by atoms with Crippen LogP contribution in [0.25, 0.3) is 0 Å². The van der Waals surface area contributed by atoms with Gasteiger partial charge in [-0.2, -0.15) is 0 Å². The van der Waals surface area contributed by atoms with Crippen molar-refractivity contribution in [3.05, 3.63) is 29.8 Å². The predicted molar refractivity (Wildman–Crippen MR) is 63.6 cm³/mol. The lowest BCUT2D eigenvalue weighted by Gasteiger charge is -2.07. The van der Waals surface area contributed by atoms with E-state index >= 15 is 0 Å². The third-order valence-electron chi connectivity index (χ3n) is 3.72. The molecule has 1 aliphatic heterocycles. The molecule has 0 aromatic heterocycles. The van der Waals surface area contributed by atoms with Gasteiger partial charge in [0.2, 0.25) is 5.91 Å². The van der Waals surface area contributed by atoms with E-state index in [2.05, 4.69) is 10.6 Å². The summed E-state index contributed by atoms with van der Waals surface area (Å²) in [5.74, 6) is 1.62. The normalized spacial score (nSPS) is 29.8. The molecule has 4 nitrogen and oxygen atoms in total. The Hall–Kier alpha value is -1.55. The molecule has 90 valence electrons. The number of piperidine rings is 1. The fourth-order valence-electron chi connectivity index (χ4n) is 2.67. The highest BCUT2D eigenvalue weighted by Gasteiger charge is 2.53. The van der Waals surface area contributed by atoms with Crippen molar-refractivity contribution in [3.8, 4) is 5.75 Å². The van der Waals surface area contributed by atoms with E-state index in [0.29, 0.717) is 24.3 Å². The van der Waals surface area contributed by atoms with E-state index in [1.54, 1.807) is 24.3 Å². The summed E-state index contributed by atoms with van der Waals surface area (Å²) >= 11 is 0. The number of fused-ring (bicyclic) bond motifs is 1. The van der Waals surface area contributed by atoms with E-state index in [4.69, 9.17) is 5.11 Å². The van der Waals surface area contributed by atoms with Gasteiger partial charge >= 0.3 is 0 Å². The maximum absolute atomic E-state index is 11.8. The molecule has 0 radical (unpaired) electrons. The van der Waals surface area contributed by atoms with Crippen LogP contribution in [-0.2, 0) is 11.2 Å². The van der Waals surface area contributed by atoms with Gasteiger partial charge in [0.25, 0.3) is 0 Å². The number of hydrogen-bond donors (Lipinski definition) is 3. The number of phenolic OH excluding ortho intramolecular Hbond substituents is 1. The summed E-state index contributed by atoms with van der Waals surface area (Å²) in [6, 6.07) is 7.17. The summed E-state index contributed by atoms with van der Waals surface area (Å²) < 4.78 is 0. The minimum absolute atomic E-state index is 0.0788. The first-order chi connectivity index (χ1) is 8.24. The molecule has 2 fully saturated rings. The Labute approximate surface area is 100 Å². The molecule has 1 saturated carbocycles. The van der Waals surface area contributed by atoms with Gasteiger partial charge in [0, 0.05) is 19.1 Å². The summed E-state index contributed by atoms with van der Waals surface area (Å²) in [6.45, 7) is 2.07. The number of carbonyl (C=O) groups is 1. The maximum Gasteiger partial charge on any atom is 0.224 e. The first-order valence-electron chi connectivity index (χ1n) is 6.02. The van der Waals surface area contributed by atoms with Gasteiger partial charge in [0.1, 0.15) is 5.75 Å². The Morgan fingerprint density at radius 1 is 1.29 bits per heavy atom. The van der Waals surface area contributed by atoms with Gasteiger partial charge in [-0.05, 0) is 29.5 Å². The van der Waals surface area contributed by atoms with Crippen molar-refractivity contribution in [1.29, 1.82) is 0 Å². The molecule has 1 saturated heterocycles. The van der Waals surface area contributed by atoms with Crippen LogP contribution in [0.3, 0.4) is 0 Å². The molecule has 1 aromatic rings. The van der Waals surface area contributed by atoms with Crippen molar-refractivity contribution in [1.82, 2.24) is 10.6 Å². The Balaban J connectivity index is 1.52. The standard InChI is InChI=1S/C13H16N2O2/c16-9-3-1-8(2-4-9)5-12(17)15-13-10-6-14-7-11(10)13/h1-4,10-11,13-14,16H,5-7H2,(H,15,17). The molecule has 2 atom stereocenters. The molecule has 0 spiro atoms. The van der Waals surface area contributed by atoms with Gasteiger partial charge < -0.3 is 15.7 Å². The average molecular weight is 232 g/mol. The Kier molecular flexibility index (Phi) is 2.52. The van der Waals surface area contributed by atoms with E-state index in [-0.39, 0.29) is 11.7 Å². The lowest BCUT2D eigenvalue weighted by Crippen LogP contribution is -2.33. The summed E-state index contributed by atoms with van der Waals surface area (Å²) in [4.78, 5) is 11.8. The SMILES string of the molecule is O=C(Cc1ccc(O)cc1)NC1C2CNCC21. The van der Waals surface area contributed by atoms with Crippen LogP contribution >= 0.6 is 0 Å². The Morgan fingerprint density at radius 3 is 2.59 bits per heavy atom. The number of amides is 1. The van der Waals surface area contributed by atoms with Crippen LogP contribution in [0, 0.1) is 11.8 Å². The maximum atomic E-state index is 11.8. The van der Waals surface area contributed by atoms with E-state index in [9.17, 15) is 4.79 Å². The van der Waals surface area contributed by atoms with Gasteiger partial charge in [-0.1, -0.05) is 12.1 Å². The molecule has 1 heterocycles. The van der Waals surface area contributed by atoms with Crippen molar-refractivity contribution < 1.29 is 9.90 Å². The van der Waals surface area contributed by atoms with Crippen LogP contribution in [0.5, 0.6) is 5.75 Å². The van der Waals surface area contributed by atoms with Gasteiger partial charge in [-0.25, -0.2) is 0 Å². The summed E-state index contributed by atoms with van der Waals surface area (Å²) in [5, 5.41) is 15.5. The predicted octanol–water partition coefficient (Wildman–Crippen LogP) is 0.269. The van der Waals surface area contributed by atoms with Crippen LogP contribution in [-0.4, -0.2) is 30.1 Å². The molecule has 1 aromatic carbocycles. The molecule has 1 aliphatic carbocycles. The fourth-order valence-corrected chi connectivity index (χ4v) is 2.67. The summed E-state index contributed by atoms with van der Waals surface area (Å²) in [6.07, 6.45) is 0.393. The van der Waals surface area contributed by atoms with Crippen LogP contribution in [0.2, 0.25) is 0 Å². The third-order valence-corrected chi connectivity index (χ3v) is 3.72. The zero-order chi connectivity index (χ0) is 11.8. The molecule has 3 rings (SSSR count). The van der Waals surface area contributed by atoms with Gasteiger partial charge in [-0.15, -0.1) is 0 Å². The van der Waals surface area contributed by atoms with Crippen molar-refractivity contribution in [2.24, 2.45) is 11.8 Å². The fraction of sp³-hybridized carbons (Fsp3) is 0.462. The van der Waals surface area contributed by atoms with E-state index in [1.165, 1.54) is 0 Å². The highest BCUT2D eigenvalue weighted by atomic mass is 16.3. The zero-order valence-electron chi connectivity index (χ0n) is 9.52. The van der Waals surface area contributed by atoms with Crippen LogP contribution in [0.1, 0.15) is 5.56 Å². The van der Waals surface area contributed by atoms with E-state index < -0.39 is 0 Å². The minimum Gasteiger partial charge on any atom is -0.508 e. The lowest BCUT2D eigenvalue weighted by molar-refractivity contribution is -0.120. The summed E-state index contributed by atoms with van der Waals surface area (Å²) in [7, 11) is 0. The molecular weight excluding hydrogens is 216 g/mol. The quantitative estimate of drug-likeness (QED) is 0.701. The van der Waals surface area contributed by atoms with Gasteiger partial charge in [-0.3, -0.25) is 4.79 Å². The summed E-state index contributed by atoms with van der Waals surface area (Å²) in [5.41, 5.74) is 0.934. The van der Waals surface area contributed by atoms with Crippen molar-refractivity contribution in [3.63, 3.8) is 0 Å². The molecule has 1 amide bonds. The Morgan fingerprint density at radius 2 is 1.94 bits per heavy atom. The molecule has 17 heavy (non-hydrogen) atoms. The highest BCUT2D eigenvalue weighted by Crippen LogP contribution is 2.41. The van der Waals surface area contributed by atoms with E-state index in [0.717, 1.165) is 18.7 Å². The van der Waals surface area contributed by atoms with Gasteiger partial charge in [0.15, 0.2) is 0 Å². The molecular formula is C13H16N2O2. The Bertz CT molecular complexity index is 420. The second-order valence-electron chi connectivity index (χ2n) is 4.92. The lowest BCUT2D eigenvalue weighted by atomic mass is 10.1. The minimum atomic E-state index is 0.0788. The molecule has 2 aliphatic rings. The number of benzene rings is 1. The van der Waals surface area contributed by atoms with Crippen LogP contribution in [0.15, 0.2) is 24.3 Å². The first kappa shape index (κ1) is 10.6. The smallest absolute Gasteiger partial charge is 0.224 e. The second-order valence-corrected chi connectivity index (χ2v) is 4.92. The van der Waals surface area contributed by atoms with Crippen molar-refractivity contribution >= 4 is 5.91 Å². The van der Waals surface area contributed by atoms with Crippen LogP contribution < -0.4 is 10.6 Å².